The summed E-state index contributed by atoms with van der Waals surface area (Å²) in [5.41, 5.74) is 10.6. The van der Waals surface area contributed by atoms with Crippen molar-refractivity contribution in [2.45, 2.75) is 32.1 Å². The number of pyridine rings is 1. The second-order valence-corrected chi connectivity index (χ2v) is 6.74. The van der Waals surface area contributed by atoms with E-state index in [0.717, 1.165) is 24.1 Å². The Morgan fingerprint density at radius 3 is 3.00 bits per heavy atom. The van der Waals surface area contributed by atoms with Crippen LogP contribution in [0.4, 0.5) is 5.13 Å². The zero-order valence-electron chi connectivity index (χ0n) is 12.0. The summed E-state index contributed by atoms with van der Waals surface area (Å²) in [6.07, 6.45) is 3.38. The lowest BCUT2D eigenvalue weighted by Crippen LogP contribution is -2.10. The summed E-state index contributed by atoms with van der Waals surface area (Å²) in [6, 6.07) is 10.7. The molecule has 1 atom stereocenters. The molecule has 0 saturated carbocycles. The van der Waals surface area contributed by atoms with E-state index in [-0.39, 0.29) is 0 Å². The van der Waals surface area contributed by atoms with E-state index in [2.05, 4.69) is 35.3 Å². The molecule has 2 heterocycles. The molecule has 0 aliphatic heterocycles. The number of aromatic nitrogens is 2. The predicted molar refractivity (Wildman–Crippen MR) is 87.8 cm³/mol. The molecule has 1 aliphatic rings. The summed E-state index contributed by atoms with van der Waals surface area (Å²) >= 11 is 1.64. The number of rotatable bonds is 1. The number of aryl methyl sites for hydroxylation is 2. The van der Waals surface area contributed by atoms with Gasteiger partial charge < -0.3 is 5.73 Å². The Kier molecular flexibility index (Phi) is 2.93. The van der Waals surface area contributed by atoms with Crippen molar-refractivity contribution in [1.29, 1.82) is 0 Å². The van der Waals surface area contributed by atoms with E-state index in [0.29, 0.717) is 11.0 Å². The van der Waals surface area contributed by atoms with E-state index in [4.69, 9.17) is 10.7 Å². The van der Waals surface area contributed by atoms with Crippen molar-refractivity contribution in [2.75, 3.05) is 5.73 Å². The second kappa shape index (κ2) is 4.81. The van der Waals surface area contributed by atoms with Gasteiger partial charge in [-0.3, -0.25) is 4.98 Å². The van der Waals surface area contributed by atoms with Gasteiger partial charge in [0.05, 0.1) is 11.2 Å². The topological polar surface area (TPSA) is 51.8 Å². The van der Waals surface area contributed by atoms with Crippen molar-refractivity contribution in [3.63, 3.8) is 0 Å². The van der Waals surface area contributed by atoms with Crippen LogP contribution >= 0.6 is 11.3 Å². The maximum atomic E-state index is 5.93. The SMILES string of the molecule is Cc1ccc2cccc(C3CCCc4nc(N)sc43)c2n1. The molecule has 3 nitrogen and oxygen atoms in total. The first-order valence-corrected chi connectivity index (χ1v) is 8.15. The van der Waals surface area contributed by atoms with Crippen LogP contribution in [0.3, 0.4) is 0 Å². The third kappa shape index (κ3) is 2.10. The van der Waals surface area contributed by atoms with E-state index in [9.17, 15) is 0 Å². The number of fused-ring (bicyclic) bond motifs is 2. The average Bonchev–Trinajstić information content (AvgIpc) is 2.86. The van der Waals surface area contributed by atoms with Crippen LogP contribution in [0.25, 0.3) is 10.9 Å². The van der Waals surface area contributed by atoms with Crippen molar-refractivity contribution in [2.24, 2.45) is 0 Å². The highest BCUT2D eigenvalue weighted by molar-refractivity contribution is 7.15. The Balaban J connectivity index is 1.93. The van der Waals surface area contributed by atoms with Gasteiger partial charge in [-0.2, -0.15) is 0 Å². The molecule has 21 heavy (non-hydrogen) atoms. The Hall–Kier alpha value is -1.94. The number of anilines is 1. The number of hydrogen-bond acceptors (Lipinski definition) is 4. The van der Waals surface area contributed by atoms with Gasteiger partial charge in [0.15, 0.2) is 5.13 Å². The molecular formula is C17H17N3S. The van der Waals surface area contributed by atoms with Crippen molar-refractivity contribution in [3.8, 4) is 0 Å². The zero-order valence-corrected chi connectivity index (χ0v) is 12.8. The van der Waals surface area contributed by atoms with Crippen molar-refractivity contribution < 1.29 is 0 Å². The first-order chi connectivity index (χ1) is 10.2. The fourth-order valence-corrected chi connectivity index (χ4v) is 4.32. The van der Waals surface area contributed by atoms with Crippen molar-refractivity contribution in [1.82, 2.24) is 9.97 Å². The van der Waals surface area contributed by atoms with E-state index < -0.39 is 0 Å². The highest BCUT2D eigenvalue weighted by Crippen LogP contribution is 2.42. The van der Waals surface area contributed by atoms with Crippen LogP contribution in [-0.2, 0) is 6.42 Å². The molecule has 1 aliphatic carbocycles. The molecule has 0 spiro atoms. The lowest BCUT2D eigenvalue weighted by Gasteiger charge is -2.22. The summed E-state index contributed by atoms with van der Waals surface area (Å²) in [5, 5.41) is 1.90. The molecule has 2 N–H and O–H groups in total. The zero-order chi connectivity index (χ0) is 14.4. The molecule has 0 bridgehead atoms. The first-order valence-electron chi connectivity index (χ1n) is 7.34. The summed E-state index contributed by atoms with van der Waals surface area (Å²) in [7, 11) is 0. The molecule has 4 rings (SSSR count). The van der Waals surface area contributed by atoms with E-state index in [1.54, 1.807) is 11.3 Å². The number of thiazole rings is 1. The number of nitrogens with zero attached hydrogens (tertiary/aromatic N) is 2. The molecule has 4 heteroatoms. The number of para-hydroxylation sites is 1. The number of nitrogens with two attached hydrogens (primary N) is 1. The summed E-state index contributed by atoms with van der Waals surface area (Å²) in [5.74, 6) is 0.390. The smallest absolute Gasteiger partial charge is 0.180 e. The van der Waals surface area contributed by atoms with Crippen LogP contribution in [0.15, 0.2) is 30.3 Å². The minimum absolute atomic E-state index is 0.390. The number of hydrogen-bond donors (Lipinski definition) is 1. The van der Waals surface area contributed by atoms with Gasteiger partial charge in [-0.15, -0.1) is 11.3 Å². The lowest BCUT2D eigenvalue weighted by molar-refractivity contribution is 0.619. The molecule has 106 valence electrons. The predicted octanol–water partition coefficient (Wildman–Crippen LogP) is 4.05. The fourth-order valence-electron chi connectivity index (χ4n) is 3.28. The maximum Gasteiger partial charge on any atom is 0.180 e. The number of benzene rings is 1. The van der Waals surface area contributed by atoms with E-state index in [1.807, 2.05) is 6.92 Å². The summed E-state index contributed by atoms with van der Waals surface area (Å²) < 4.78 is 0. The van der Waals surface area contributed by atoms with Crippen LogP contribution in [0.2, 0.25) is 0 Å². The largest absolute Gasteiger partial charge is 0.375 e. The average molecular weight is 295 g/mol. The van der Waals surface area contributed by atoms with Crippen molar-refractivity contribution in [3.05, 3.63) is 52.2 Å². The Bertz CT molecular complexity index is 822. The van der Waals surface area contributed by atoms with Gasteiger partial charge in [0.25, 0.3) is 0 Å². The second-order valence-electron chi connectivity index (χ2n) is 5.68. The Labute approximate surface area is 127 Å². The van der Waals surface area contributed by atoms with Crippen LogP contribution in [0, 0.1) is 6.92 Å². The van der Waals surface area contributed by atoms with Gasteiger partial charge in [0.2, 0.25) is 0 Å². The molecule has 1 aromatic carbocycles. The number of nitrogen functional groups attached to an aromatic ring is 1. The monoisotopic (exact) mass is 295 g/mol. The minimum Gasteiger partial charge on any atom is -0.375 e. The third-order valence-corrected chi connectivity index (χ3v) is 5.27. The molecule has 0 amide bonds. The summed E-state index contributed by atoms with van der Waals surface area (Å²) in [6.45, 7) is 2.05. The Morgan fingerprint density at radius 1 is 1.19 bits per heavy atom. The van der Waals surface area contributed by atoms with Crippen molar-refractivity contribution >= 4 is 27.4 Å². The lowest BCUT2D eigenvalue weighted by atomic mass is 9.85. The molecule has 1 unspecified atom stereocenters. The molecule has 0 fully saturated rings. The highest BCUT2D eigenvalue weighted by Gasteiger charge is 2.27. The third-order valence-electron chi connectivity index (χ3n) is 4.23. The van der Waals surface area contributed by atoms with E-state index in [1.165, 1.54) is 27.9 Å². The van der Waals surface area contributed by atoms with Gasteiger partial charge in [-0.25, -0.2) is 4.98 Å². The van der Waals surface area contributed by atoms with Gasteiger partial charge in [-0.1, -0.05) is 24.3 Å². The quantitative estimate of drug-likeness (QED) is 0.737. The molecule has 3 aromatic rings. The first kappa shape index (κ1) is 12.8. The standard InChI is InChI=1S/C17H17N3S/c1-10-8-9-11-4-2-5-12(15(11)19-10)13-6-3-7-14-16(13)21-17(18)20-14/h2,4-5,8-9,13H,3,6-7H2,1H3,(H2,18,20). The maximum absolute atomic E-state index is 5.93. The molecular weight excluding hydrogens is 278 g/mol. The van der Waals surface area contributed by atoms with Crippen LogP contribution in [0.1, 0.15) is 40.6 Å². The van der Waals surface area contributed by atoms with Crippen LogP contribution in [-0.4, -0.2) is 9.97 Å². The van der Waals surface area contributed by atoms with Gasteiger partial charge in [-0.05, 0) is 37.8 Å². The molecule has 0 radical (unpaired) electrons. The molecule has 2 aromatic heterocycles. The van der Waals surface area contributed by atoms with Crippen LogP contribution in [0.5, 0.6) is 0 Å². The van der Waals surface area contributed by atoms with Gasteiger partial charge in [0, 0.05) is 21.9 Å². The summed E-state index contributed by atoms with van der Waals surface area (Å²) in [4.78, 5) is 10.6. The fraction of sp³-hybridized carbons (Fsp3) is 0.294. The molecule has 0 saturated heterocycles. The highest BCUT2D eigenvalue weighted by atomic mass is 32.1. The van der Waals surface area contributed by atoms with Gasteiger partial charge >= 0.3 is 0 Å². The minimum atomic E-state index is 0.390. The van der Waals surface area contributed by atoms with Crippen LogP contribution < -0.4 is 5.73 Å². The normalized spacial score (nSPS) is 17.9. The van der Waals surface area contributed by atoms with Gasteiger partial charge in [0.1, 0.15) is 0 Å². The Morgan fingerprint density at radius 2 is 2.10 bits per heavy atom. The van der Waals surface area contributed by atoms with E-state index >= 15 is 0 Å².